The van der Waals surface area contributed by atoms with Crippen LogP contribution in [0.4, 0.5) is 5.82 Å². The number of hydrogen-bond donors (Lipinski definition) is 3. The third-order valence-electron chi connectivity index (χ3n) is 5.97. The number of carboxylic acid groups (broad SMARTS) is 1. The van der Waals surface area contributed by atoms with Crippen LogP contribution in [0.25, 0.3) is 20.3 Å². The number of phenolic OH excluding ortho intramolecular Hbond substituents is 1. The Bertz CT molecular complexity index is 1320. The molecule has 6 nitrogen and oxygen atoms in total. The van der Waals surface area contributed by atoms with Gasteiger partial charge in [-0.2, -0.15) is 0 Å². The molecule has 1 aliphatic rings. The van der Waals surface area contributed by atoms with Crippen molar-refractivity contribution < 1.29 is 15.0 Å². The minimum Gasteiger partial charge on any atom is -0.508 e. The molecule has 162 valence electrons. The first kappa shape index (κ1) is 20.5. The summed E-state index contributed by atoms with van der Waals surface area (Å²) in [6.07, 6.45) is 4.58. The first-order valence-corrected chi connectivity index (χ1v) is 11.5. The molecule has 0 atom stereocenters. The van der Waals surface area contributed by atoms with Gasteiger partial charge >= 0.3 is 5.97 Å². The van der Waals surface area contributed by atoms with E-state index in [9.17, 15) is 9.90 Å². The summed E-state index contributed by atoms with van der Waals surface area (Å²) in [4.78, 5) is 21.9. The van der Waals surface area contributed by atoms with Crippen molar-refractivity contribution in [3.63, 3.8) is 0 Å². The highest BCUT2D eigenvalue weighted by Crippen LogP contribution is 2.40. The fourth-order valence-corrected chi connectivity index (χ4v) is 5.40. The first-order valence-electron chi connectivity index (χ1n) is 10.7. The molecule has 7 heteroatoms. The number of thiophene rings is 1. The number of fused-ring (bicyclic) bond motifs is 3. The third kappa shape index (κ3) is 4.16. The van der Waals surface area contributed by atoms with E-state index in [1.54, 1.807) is 23.5 Å². The number of carbonyl (C=O) groups is 1. The Hall–Kier alpha value is -3.45. The maximum absolute atomic E-state index is 11.0. The van der Waals surface area contributed by atoms with Crippen LogP contribution in [-0.2, 0) is 11.3 Å². The van der Waals surface area contributed by atoms with Crippen LogP contribution in [0, 0.1) is 0 Å². The molecule has 0 spiro atoms. The molecular weight excluding hydrogens is 422 g/mol. The van der Waals surface area contributed by atoms with Crippen molar-refractivity contribution in [1.82, 2.24) is 9.97 Å². The fourth-order valence-electron chi connectivity index (χ4n) is 4.32. The van der Waals surface area contributed by atoms with Crippen LogP contribution in [0.15, 0.2) is 60.2 Å². The minimum atomic E-state index is -0.873. The highest BCUT2D eigenvalue weighted by Gasteiger charge is 2.24. The number of rotatable bonds is 5. The van der Waals surface area contributed by atoms with Crippen molar-refractivity contribution >= 4 is 43.4 Å². The number of benzene rings is 2. The molecule has 4 aromatic rings. The van der Waals surface area contributed by atoms with Crippen molar-refractivity contribution in [2.24, 2.45) is 0 Å². The molecule has 2 aromatic carbocycles. The Morgan fingerprint density at radius 2 is 1.84 bits per heavy atom. The van der Waals surface area contributed by atoms with Gasteiger partial charge in [-0.05, 0) is 49.4 Å². The van der Waals surface area contributed by atoms with Gasteiger partial charge < -0.3 is 15.5 Å². The SMILES string of the molecule is O=C(O)C=C1CCC(c2nc(NCc3ccc(O)cc3)c3c(n2)sc2ccccc23)CC1. The van der Waals surface area contributed by atoms with E-state index in [1.807, 2.05) is 24.3 Å². The monoisotopic (exact) mass is 445 g/mol. The topological polar surface area (TPSA) is 95.3 Å². The van der Waals surface area contributed by atoms with Gasteiger partial charge in [0, 0.05) is 28.6 Å². The molecule has 1 fully saturated rings. The molecule has 1 aliphatic carbocycles. The van der Waals surface area contributed by atoms with Crippen molar-refractivity contribution in [2.75, 3.05) is 5.32 Å². The van der Waals surface area contributed by atoms with Gasteiger partial charge in [-0.15, -0.1) is 11.3 Å². The molecule has 3 N–H and O–H groups in total. The maximum Gasteiger partial charge on any atom is 0.328 e. The Kier molecular flexibility index (Phi) is 5.49. The number of aromatic hydroxyl groups is 1. The van der Waals surface area contributed by atoms with Gasteiger partial charge in [0.2, 0.25) is 0 Å². The van der Waals surface area contributed by atoms with Crippen molar-refractivity contribution in [3.8, 4) is 5.75 Å². The molecule has 0 radical (unpaired) electrons. The average Bonchev–Trinajstić information content (AvgIpc) is 3.17. The van der Waals surface area contributed by atoms with Crippen molar-refractivity contribution in [2.45, 2.75) is 38.1 Å². The summed E-state index contributed by atoms with van der Waals surface area (Å²) in [5.41, 5.74) is 2.04. The summed E-state index contributed by atoms with van der Waals surface area (Å²) in [5.74, 6) is 1.24. The summed E-state index contributed by atoms with van der Waals surface area (Å²) < 4.78 is 1.18. The number of nitrogens with zero attached hydrogens (tertiary/aromatic N) is 2. The number of carboxylic acids is 1. The Balaban J connectivity index is 1.50. The van der Waals surface area contributed by atoms with Crippen LogP contribution >= 0.6 is 11.3 Å². The summed E-state index contributed by atoms with van der Waals surface area (Å²) in [6.45, 7) is 0.589. The fraction of sp³-hybridized carbons (Fsp3) is 0.240. The maximum atomic E-state index is 11.0. The van der Waals surface area contributed by atoms with Crippen molar-refractivity contribution in [1.29, 1.82) is 0 Å². The van der Waals surface area contributed by atoms with E-state index in [-0.39, 0.29) is 11.7 Å². The van der Waals surface area contributed by atoms with Crippen LogP contribution in [0.3, 0.4) is 0 Å². The molecule has 0 saturated heterocycles. The Morgan fingerprint density at radius 1 is 1.09 bits per heavy atom. The number of anilines is 1. The number of aromatic nitrogens is 2. The second-order valence-electron chi connectivity index (χ2n) is 8.14. The molecule has 0 bridgehead atoms. The zero-order chi connectivity index (χ0) is 22.1. The zero-order valence-corrected chi connectivity index (χ0v) is 18.2. The molecule has 2 heterocycles. The van der Waals surface area contributed by atoms with Gasteiger partial charge in [-0.1, -0.05) is 35.9 Å². The van der Waals surface area contributed by atoms with E-state index in [1.165, 1.54) is 10.8 Å². The lowest BCUT2D eigenvalue weighted by Crippen LogP contribution is -2.12. The van der Waals surface area contributed by atoms with Crippen LogP contribution in [0.5, 0.6) is 5.75 Å². The van der Waals surface area contributed by atoms with Gasteiger partial charge in [-0.3, -0.25) is 0 Å². The normalized spacial score (nSPS) is 16.4. The first-order chi connectivity index (χ1) is 15.6. The lowest BCUT2D eigenvalue weighted by Gasteiger charge is -2.23. The summed E-state index contributed by atoms with van der Waals surface area (Å²) in [5, 5.41) is 24.2. The lowest BCUT2D eigenvalue weighted by molar-refractivity contribution is -0.131. The van der Waals surface area contributed by atoms with Gasteiger partial charge in [-0.25, -0.2) is 14.8 Å². The average molecular weight is 446 g/mol. The van der Waals surface area contributed by atoms with Crippen LogP contribution in [-0.4, -0.2) is 26.2 Å². The molecule has 0 amide bonds. The predicted molar refractivity (Wildman–Crippen MR) is 127 cm³/mol. The number of phenols is 1. The summed E-state index contributed by atoms with van der Waals surface area (Å²) in [7, 11) is 0. The molecule has 2 aromatic heterocycles. The molecule has 5 rings (SSSR count). The third-order valence-corrected chi connectivity index (χ3v) is 7.04. The molecular formula is C25H23N3O3S. The van der Waals surface area contributed by atoms with E-state index in [2.05, 4.69) is 17.4 Å². The van der Waals surface area contributed by atoms with E-state index in [0.29, 0.717) is 6.54 Å². The van der Waals surface area contributed by atoms with Crippen molar-refractivity contribution in [3.05, 3.63) is 71.6 Å². The molecule has 0 aliphatic heterocycles. The van der Waals surface area contributed by atoms with E-state index < -0.39 is 5.97 Å². The number of nitrogens with one attached hydrogen (secondary N) is 1. The van der Waals surface area contributed by atoms with E-state index >= 15 is 0 Å². The Morgan fingerprint density at radius 3 is 2.59 bits per heavy atom. The quantitative estimate of drug-likeness (QED) is 0.335. The second kappa shape index (κ2) is 8.59. The van der Waals surface area contributed by atoms with Gasteiger partial charge in [0.15, 0.2) is 0 Å². The molecule has 1 saturated carbocycles. The van der Waals surface area contributed by atoms with E-state index in [4.69, 9.17) is 15.1 Å². The molecule has 0 unspecified atom stereocenters. The van der Waals surface area contributed by atoms with Gasteiger partial charge in [0.25, 0.3) is 0 Å². The summed E-state index contributed by atoms with van der Waals surface area (Å²) >= 11 is 1.67. The second-order valence-corrected chi connectivity index (χ2v) is 9.17. The number of allylic oxidation sites excluding steroid dienone is 1. The standard InChI is InChI=1S/C25H23N3O3S/c29-18-11-7-16(8-12-18)14-26-24-22-19-3-1-2-4-20(19)32-25(22)28-23(27-24)17-9-5-15(6-10-17)13-21(30)31/h1-4,7-8,11-13,17,29H,5-6,9-10,14H2,(H,30,31)(H,26,27,28). The van der Waals surface area contributed by atoms with E-state index in [0.717, 1.165) is 64.1 Å². The molecule has 32 heavy (non-hydrogen) atoms. The van der Waals surface area contributed by atoms with Crippen LogP contribution < -0.4 is 5.32 Å². The largest absolute Gasteiger partial charge is 0.508 e. The highest BCUT2D eigenvalue weighted by atomic mass is 32.1. The van der Waals surface area contributed by atoms with Crippen LogP contribution in [0.2, 0.25) is 0 Å². The minimum absolute atomic E-state index is 0.213. The highest BCUT2D eigenvalue weighted by molar-refractivity contribution is 7.25. The number of hydrogen-bond acceptors (Lipinski definition) is 6. The van der Waals surface area contributed by atoms with Crippen LogP contribution in [0.1, 0.15) is 43.0 Å². The summed E-state index contributed by atoms with van der Waals surface area (Å²) in [6, 6.07) is 15.4. The zero-order valence-electron chi connectivity index (χ0n) is 17.4. The Labute approximate surface area is 189 Å². The van der Waals surface area contributed by atoms with Gasteiger partial charge in [0.05, 0.1) is 5.39 Å². The smallest absolute Gasteiger partial charge is 0.328 e. The van der Waals surface area contributed by atoms with Gasteiger partial charge in [0.1, 0.15) is 22.2 Å². The number of aliphatic carboxylic acids is 1. The predicted octanol–water partition coefficient (Wildman–Crippen LogP) is 5.83. The lowest BCUT2D eigenvalue weighted by atomic mass is 9.85.